The van der Waals surface area contributed by atoms with Crippen LogP contribution in [0.4, 0.5) is 23.1 Å². The fourth-order valence-electron chi connectivity index (χ4n) is 1.97. The fraction of sp³-hybridized carbons (Fsp3) is 0.0667. The molecule has 0 aliphatic rings. The van der Waals surface area contributed by atoms with Crippen molar-refractivity contribution in [2.24, 2.45) is 0 Å². The molecule has 1 aromatic carbocycles. The highest BCUT2D eigenvalue weighted by Crippen LogP contribution is 2.25. The van der Waals surface area contributed by atoms with Crippen LogP contribution in [0.5, 0.6) is 0 Å². The van der Waals surface area contributed by atoms with Crippen molar-refractivity contribution < 1.29 is 9.32 Å². The molecule has 0 bridgehead atoms. The number of benzene rings is 1. The third-order valence-corrected chi connectivity index (χ3v) is 3.86. The van der Waals surface area contributed by atoms with Gasteiger partial charge in [-0.05, 0) is 35.0 Å². The van der Waals surface area contributed by atoms with Crippen molar-refractivity contribution in [3.63, 3.8) is 0 Å². The van der Waals surface area contributed by atoms with Crippen molar-refractivity contribution in [2.75, 3.05) is 16.5 Å². The zero-order valence-electron chi connectivity index (χ0n) is 13.1. The summed E-state index contributed by atoms with van der Waals surface area (Å²) >= 11 is 3.32. The monoisotopic (exact) mass is 403 g/mol. The minimum Gasteiger partial charge on any atom is -0.393 e. The molecule has 0 aliphatic heterocycles. The lowest BCUT2D eigenvalue weighted by atomic mass is 10.2. The first-order valence-electron chi connectivity index (χ1n) is 7.16. The van der Waals surface area contributed by atoms with E-state index in [4.69, 9.17) is 10.3 Å². The molecule has 0 saturated heterocycles. The van der Waals surface area contributed by atoms with E-state index in [1.54, 1.807) is 31.2 Å². The molecule has 1 amide bonds. The van der Waals surface area contributed by atoms with Gasteiger partial charge in [0.25, 0.3) is 5.91 Å². The second-order valence-corrected chi connectivity index (χ2v) is 5.85. The third-order valence-electron chi connectivity index (χ3n) is 3.17. The molecule has 0 fully saturated rings. The van der Waals surface area contributed by atoms with Gasteiger partial charge in [-0.2, -0.15) is 0 Å². The van der Waals surface area contributed by atoms with Crippen molar-refractivity contribution in [3.05, 3.63) is 52.5 Å². The number of rotatable bonds is 5. The summed E-state index contributed by atoms with van der Waals surface area (Å²) in [6, 6.07) is 8.74. The Kier molecular flexibility index (Phi) is 4.80. The summed E-state index contributed by atoms with van der Waals surface area (Å²) in [5, 5.41) is 6.73. The van der Waals surface area contributed by atoms with E-state index in [2.05, 4.69) is 47.2 Å². The van der Waals surface area contributed by atoms with Crippen molar-refractivity contribution in [1.29, 1.82) is 0 Å². The Morgan fingerprint density at radius 2 is 2.00 bits per heavy atom. The zero-order chi connectivity index (χ0) is 17.8. The number of carbonyl (C=O) groups excluding carboxylic acids is 1. The Morgan fingerprint density at radius 1 is 1.24 bits per heavy atom. The number of nitrogens with one attached hydrogen (secondary N) is 3. The van der Waals surface area contributed by atoms with Crippen LogP contribution in [-0.2, 0) is 0 Å². The third kappa shape index (κ3) is 3.86. The van der Waals surface area contributed by atoms with Crippen LogP contribution in [0, 0.1) is 6.92 Å². The minimum atomic E-state index is -0.341. The van der Waals surface area contributed by atoms with Gasteiger partial charge >= 0.3 is 0 Å². The zero-order valence-corrected chi connectivity index (χ0v) is 14.7. The summed E-state index contributed by atoms with van der Waals surface area (Å²) in [6.45, 7) is 1.77. The maximum absolute atomic E-state index is 12.2. The van der Waals surface area contributed by atoms with Crippen molar-refractivity contribution in [1.82, 2.24) is 20.6 Å². The number of nitrogens with two attached hydrogens (primary N) is 1. The lowest BCUT2D eigenvalue weighted by Gasteiger charge is -2.12. The van der Waals surface area contributed by atoms with Gasteiger partial charge in [0.05, 0.1) is 5.56 Å². The van der Waals surface area contributed by atoms with Crippen LogP contribution in [0.3, 0.4) is 0 Å². The summed E-state index contributed by atoms with van der Waals surface area (Å²) in [7, 11) is 0. The van der Waals surface area contributed by atoms with Gasteiger partial charge in [0.2, 0.25) is 0 Å². The molecule has 5 N–H and O–H groups in total. The fourth-order valence-corrected chi connectivity index (χ4v) is 2.43. The lowest BCUT2D eigenvalue weighted by molar-refractivity contribution is 0.0961. The van der Waals surface area contributed by atoms with E-state index in [0.29, 0.717) is 27.4 Å². The second kappa shape index (κ2) is 7.18. The molecule has 0 spiro atoms. The van der Waals surface area contributed by atoms with Crippen LogP contribution in [-0.4, -0.2) is 21.0 Å². The van der Waals surface area contributed by atoms with Crippen molar-refractivity contribution >= 4 is 45.0 Å². The smallest absolute Gasteiger partial charge is 0.270 e. The molecule has 9 nitrogen and oxygen atoms in total. The maximum Gasteiger partial charge on any atom is 0.270 e. The number of halogens is 1. The summed E-state index contributed by atoms with van der Waals surface area (Å²) in [6.07, 6.45) is 1.30. The number of aromatic nitrogens is 3. The van der Waals surface area contributed by atoms with Crippen LogP contribution in [0.1, 0.15) is 16.1 Å². The van der Waals surface area contributed by atoms with E-state index in [0.717, 1.165) is 0 Å². The van der Waals surface area contributed by atoms with Gasteiger partial charge in [0.1, 0.15) is 17.8 Å². The highest BCUT2D eigenvalue weighted by molar-refractivity contribution is 9.10. The topological polar surface area (TPSA) is 131 Å². The molecule has 0 unspecified atom stereocenters. The summed E-state index contributed by atoms with van der Waals surface area (Å²) in [5.74, 6) is 1.35. The van der Waals surface area contributed by atoms with Gasteiger partial charge in [-0.1, -0.05) is 17.3 Å². The van der Waals surface area contributed by atoms with E-state index in [1.165, 1.54) is 6.33 Å². The maximum atomic E-state index is 12.2. The van der Waals surface area contributed by atoms with Gasteiger partial charge in [0, 0.05) is 10.5 Å². The second-order valence-electron chi connectivity index (χ2n) is 4.99. The Balaban J connectivity index is 1.72. The highest BCUT2D eigenvalue weighted by Gasteiger charge is 2.13. The Morgan fingerprint density at radius 3 is 2.72 bits per heavy atom. The summed E-state index contributed by atoms with van der Waals surface area (Å²) in [5.41, 5.74) is 11.9. The lowest BCUT2D eigenvalue weighted by Crippen LogP contribution is -2.30. The van der Waals surface area contributed by atoms with Gasteiger partial charge in [-0.25, -0.2) is 9.97 Å². The summed E-state index contributed by atoms with van der Waals surface area (Å²) in [4.78, 5) is 20.3. The van der Waals surface area contributed by atoms with Crippen molar-refractivity contribution in [2.45, 2.75) is 6.92 Å². The first-order valence-corrected chi connectivity index (χ1v) is 7.95. The van der Waals surface area contributed by atoms with Gasteiger partial charge in [-0.3, -0.25) is 15.6 Å². The molecule has 128 valence electrons. The molecule has 0 saturated carbocycles. The average molecular weight is 404 g/mol. The largest absolute Gasteiger partial charge is 0.393 e. The average Bonchev–Trinajstić information content (AvgIpc) is 3.01. The normalized spacial score (nSPS) is 10.3. The van der Waals surface area contributed by atoms with E-state index in [1.807, 2.05) is 6.07 Å². The Labute approximate surface area is 151 Å². The number of amides is 1. The number of hydrogen-bond acceptors (Lipinski definition) is 8. The number of hydrogen-bond donors (Lipinski definition) is 4. The molecular formula is C15H14BrN7O2. The van der Waals surface area contributed by atoms with Gasteiger partial charge in [-0.15, -0.1) is 0 Å². The predicted molar refractivity (Wildman–Crippen MR) is 96.2 cm³/mol. The van der Waals surface area contributed by atoms with Gasteiger partial charge in [0.15, 0.2) is 17.5 Å². The number of aryl methyl sites for hydroxylation is 1. The molecule has 25 heavy (non-hydrogen) atoms. The van der Waals surface area contributed by atoms with Crippen molar-refractivity contribution in [3.8, 4) is 0 Å². The first-order chi connectivity index (χ1) is 12.0. The van der Waals surface area contributed by atoms with Crippen LogP contribution in [0.2, 0.25) is 0 Å². The van der Waals surface area contributed by atoms with E-state index in [-0.39, 0.29) is 17.4 Å². The van der Waals surface area contributed by atoms with Gasteiger partial charge < -0.3 is 15.6 Å². The van der Waals surface area contributed by atoms with E-state index >= 15 is 0 Å². The highest BCUT2D eigenvalue weighted by atomic mass is 79.9. The molecule has 3 aromatic rings. The number of nitrogen functional groups attached to an aromatic ring is 1. The quantitative estimate of drug-likeness (QED) is 0.478. The van der Waals surface area contributed by atoms with Crippen LogP contribution in [0.15, 0.2) is 45.7 Å². The van der Waals surface area contributed by atoms with Crippen LogP contribution >= 0.6 is 15.9 Å². The molecule has 2 aromatic heterocycles. The number of anilines is 4. The first kappa shape index (κ1) is 16.7. The predicted octanol–water partition coefficient (Wildman–Crippen LogP) is 2.62. The standard InChI is InChI=1S/C15H14BrN7O2/c1-8-6-11(23-25-8)20-13-12(17)14(19-7-18-13)21-22-15(24)9-4-2-3-5-10(9)16/h2-7H,17H2,1H3,(H,22,24)(H2,18,19,20,21,23). The molecule has 3 rings (SSSR count). The molecule has 10 heteroatoms. The Hall–Kier alpha value is -3.14. The molecule has 2 heterocycles. The Bertz CT molecular complexity index is 912. The molecular weight excluding hydrogens is 390 g/mol. The van der Waals surface area contributed by atoms with Crippen LogP contribution in [0.25, 0.3) is 0 Å². The van der Waals surface area contributed by atoms with E-state index < -0.39 is 0 Å². The van der Waals surface area contributed by atoms with Crippen LogP contribution < -0.4 is 21.9 Å². The minimum absolute atomic E-state index is 0.218. The SMILES string of the molecule is Cc1cc(Nc2ncnc(NNC(=O)c3ccccc3Br)c2N)no1. The number of nitrogens with zero attached hydrogens (tertiary/aromatic N) is 3. The molecule has 0 aliphatic carbocycles. The van der Waals surface area contributed by atoms with E-state index in [9.17, 15) is 4.79 Å². The number of hydrazine groups is 1. The number of carbonyl (C=O) groups is 1. The molecule has 0 radical (unpaired) electrons. The summed E-state index contributed by atoms with van der Waals surface area (Å²) < 4.78 is 5.65. The molecule has 0 atom stereocenters.